The van der Waals surface area contributed by atoms with Crippen molar-refractivity contribution in [2.24, 2.45) is 5.73 Å². The average Bonchev–Trinajstić information content (AvgIpc) is 2.86. The van der Waals surface area contributed by atoms with Crippen LogP contribution in [0.15, 0.2) is 30.6 Å². The van der Waals surface area contributed by atoms with Crippen LogP contribution in [0, 0.1) is 11.3 Å². The molecule has 1 aromatic carbocycles. The Morgan fingerprint density at radius 1 is 1.40 bits per heavy atom. The molecule has 2 aromatic rings. The van der Waals surface area contributed by atoms with Gasteiger partial charge in [-0.3, -0.25) is 4.79 Å². The molecule has 1 amide bonds. The Kier molecular flexibility index (Phi) is 3.19. The first-order valence-electron chi connectivity index (χ1n) is 5.29. The maximum atomic E-state index is 12.6. The lowest BCUT2D eigenvalue weighted by Crippen LogP contribution is -2.10. The minimum atomic E-state index is -4.54. The van der Waals surface area contributed by atoms with Crippen LogP contribution in [0.3, 0.4) is 0 Å². The Balaban J connectivity index is 2.52. The number of halogens is 3. The third kappa shape index (κ3) is 2.47. The summed E-state index contributed by atoms with van der Waals surface area (Å²) in [5.41, 5.74) is 4.13. The fourth-order valence-corrected chi connectivity index (χ4v) is 1.58. The fourth-order valence-electron chi connectivity index (χ4n) is 1.58. The second-order valence-corrected chi connectivity index (χ2v) is 3.88. The standard InChI is InChI=1S/C12H7F3N4O/c13-12(14,15)9-1-2-10(7(3-9)4-16)19-6-8(5-18-19)11(17)20/h1-3,5-6H,(H2,17,20). The van der Waals surface area contributed by atoms with Gasteiger partial charge in [0.2, 0.25) is 0 Å². The molecule has 0 atom stereocenters. The minimum Gasteiger partial charge on any atom is -0.366 e. The van der Waals surface area contributed by atoms with E-state index in [1.807, 2.05) is 0 Å². The molecule has 20 heavy (non-hydrogen) atoms. The summed E-state index contributed by atoms with van der Waals surface area (Å²) in [6.07, 6.45) is -2.13. The highest BCUT2D eigenvalue weighted by Gasteiger charge is 2.31. The van der Waals surface area contributed by atoms with E-state index in [0.717, 1.165) is 22.9 Å². The molecule has 0 saturated heterocycles. The maximum absolute atomic E-state index is 12.6. The molecule has 0 unspecified atom stereocenters. The topological polar surface area (TPSA) is 84.7 Å². The van der Waals surface area contributed by atoms with Gasteiger partial charge in [0.15, 0.2) is 0 Å². The predicted octanol–water partition coefficient (Wildman–Crippen LogP) is 1.86. The molecular weight excluding hydrogens is 273 g/mol. The molecule has 2 rings (SSSR count). The number of rotatable bonds is 2. The number of nitrogens with zero attached hydrogens (tertiary/aromatic N) is 3. The van der Waals surface area contributed by atoms with Gasteiger partial charge in [-0.05, 0) is 18.2 Å². The molecule has 5 nitrogen and oxygen atoms in total. The van der Waals surface area contributed by atoms with E-state index in [4.69, 9.17) is 11.0 Å². The van der Waals surface area contributed by atoms with Crippen LogP contribution >= 0.6 is 0 Å². The number of primary amides is 1. The molecular formula is C12H7F3N4O. The van der Waals surface area contributed by atoms with Crippen molar-refractivity contribution >= 4 is 5.91 Å². The third-order valence-corrected chi connectivity index (χ3v) is 2.56. The van der Waals surface area contributed by atoms with Crippen molar-refractivity contribution in [1.29, 1.82) is 5.26 Å². The first kappa shape index (κ1) is 13.6. The molecule has 0 spiro atoms. The monoisotopic (exact) mass is 280 g/mol. The van der Waals surface area contributed by atoms with E-state index < -0.39 is 17.6 Å². The summed E-state index contributed by atoms with van der Waals surface area (Å²) >= 11 is 0. The first-order valence-corrected chi connectivity index (χ1v) is 5.29. The molecule has 0 saturated carbocycles. The molecule has 0 aliphatic rings. The molecule has 0 aliphatic heterocycles. The number of carbonyl (C=O) groups excluding carboxylic acids is 1. The molecule has 0 bridgehead atoms. The van der Waals surface area contributed by atoms with Gasteiger partial charge in [0.25, 0.3) is 5.91 Å². The van der Waals surface area contributed by atoms with Gasteiger partial charge < -0.3 is 5.73 Å². The molecule has 2 N–H and O–H groups in total. The average molecular weight is 280 g/mol. The van der Waals surface area contributed by atoms with E-state index in [1.54, 1.807) is 6.07 Å². The summed E-state index contributed by atoms with van der Waals surface area (Å²) in [5.74, 6) is -0.721. The van der Waals surface area contributed by atoms with Crippen molar-refractivity contribution in [3.05, 3.63) is 47.3 Å². The molecule has 0 fully saturated rings. The third-order valence-electron chi connectivity index (χ3n) is 2.56. The number of hydrogen-bond donors (Lipinski definition) is 1. The molecule has 1 aromatic heterocycles. The molecule has 102 valence electrons. The summed E-state index contributed by atoms with van der Waals surface area (Å²) in [4.78, 5) is 10.9. The van der Waals surface area contributed by atoms with Crippen LogP contribution in [-0.4, -0.2) is 15.7 Å². The smallest absolute Gasteiger partial charge is 0.366 e. The van der Waals surface area contributed by atoms with Crippen LogP contribution in [0.5, 0.6) is 0 Å². The van der Waals surface area contributed by atoms with E-state index >= 15 is 0 Å². The van der Waals surface area contributed by atoms with Crippen molar-refractivity contribution in [3.8, 4) is 11.8 Å². The Labute approximate surface area is 111 Å². The number of nitriles is 1. The molecule has 0 radical (unpaired) electrons. The van der Waals surface area contributed by atoms with Crippen LogP contribution in [-0.2, 0) is 6.18 Å². The summed E-state index contributed by atoms with van der Waals surface area (Å²) in [7, 11) is 0. The van der Waals surface area contributed by atoms with Crippen LogP contribution < -0.4 is 5.73 Å². The summed E-state index contributed by atoms with van der Waals surface area (Å²) < 4.78 is 38.8. The second kappa shape index (κ2) is 4.70. The number of hydrogen-bond acceptors (Lipinski definition) is 3. The zero-order chi connectivity index (χ0) is 14.9. The lowest BCUT2D eigenvalue weighted by Gasteiger charge is -2.09. The van der Waals surface area contributed by atoms with Crippen LogP contribution in [0.1, 0.15) is 21.5 Å². The zero-order valence-corrected chi connectivity index (χ0v) is 9.85. The van der Waals surface area contributed by atoms with Gasteiger partial charge >= 0.3 is 6.18 Å². The number of aromatic nitrogens is 2. The van der Waals surface area contributed by atoms with Crippen molar-refractivity contribution in [2.45, 2.75) is 6.18 Å². The Morgan fingerprint density at radius 3 is 2.60 bits per heavy atom. The number of amides is 1. The van der Waals surface area contributed by atoms with Gasteiger partial charge in [-0.25, -0.2) is 4.68 Å². The van der Waals surface area contributed by atoms with Crippen molar-refractivity contribution < 1.29 is 18.0 Å². The lowest BCUT2D eigenvalue weighted by atomic mass is 10.1. The normalized spacial score (nSPS) is 11.1. The van der Waals surface area contributed by atoms with Crippen LogP contribution in [0.2, 0.25) is 0 Å². The quantitative estimate of drug-likeness (QED) is 0.911. The largest absolute Gasteiger partial charge is 0.416 e. The fraction of sp³-hybridized carbons (Fsp3) is 0.0833. The number of nitrogens with two attached hydrogens (primary N) is 1. The van der Waals surface area contributed by atoms with Crippen molar-refractivity contribution in [2.75, 3.05) is 0 Å². The zero-order valence-electron chi connectivity index (χ0n) is 9.85. The van der Waals surface area contributed by atoms with Gasteiger partial charge in [0, 0.05) is 6.20 Å². The SMILES string of the molecule is N#Cc1cc(C(F)(F)F)ccc1-n1cc(C(N)=O)cn1. The van der Waals surface area contributed by atoms with Crippen molar-refractivity contribution in [3.63, 3.8) is 0 Å². The van der Waals surface area contributed by atoms with E-state index in [2.05, 4.69) is 5.10 Å². The minimum absolute atomic E-state index is 0.0915. The number of carbonyl (C=O) groups is 1. The lowest BCUT2D eigenvalue weighted by molar-refractivity contribution is -0.137. The van der Waals surface area contributed by atoms with E-state index in [-0.39, 0.29) is 16.8 Å². The summed E-state index contributed by atoms with van der Waals surface area (Å²) in [5, 5.41) is 12.7. The van der Waals surface area contributed by atoms with Gasteiger partial charge in [-0.2, -0.15) is 23.5 Å². The van der Waals surface area contributed by atoms with Crippen molar-refractivity contribution in [1.82, 2.24) is 9.78 Å². The maximum Gasteiger partial charge on any atom is 0.416 e. The van der Waals surface area contributed by atoms with Gasteiger partial charge in [0.05, 0.1) is 28.6 Å². The van der Waals surface area contributed by atoms with Gasteiger partial charge in [0.1, 0.15) is 6.07 Å². The van der Waals surface area contributed by atoms with Crippen LogP contribution in [0.4, 0.5) is 13.2 Å². The highest BCUT2D eigenvalue weighted by atomic mass is 19.4. The number of benzene rings is 1. The number of alkyl halides is 3. The van der Waals surface area contributed by atoms with E-state index in [1.165, 1.54) is 12.4 Å². The Morgan fingerprint density at radius 2 is 2.10 bits per heavy atom. The Bertz CT molecular complexity index is 712. The van der Waals surface area contributed by atoms with Gasteiger partial charge in [-0.15, -0.1) is 0 Å². The van der Waals surface area contributed by atoms with E-state index in [0.29, 0.717) is 0 Å². The molecule has 8 heteroatoms. The van der Waals surface area contributed by atoms with Gasteiger partial charge in [-0.1, -0.05) is 0 Å². The highest BCUT2D eigenvalue weighted by Crippen LogP contribution is 2.31. The Hall–Kier alpha value is -2.82. The molecule has 0 aliphatic carbocycles. The second-order valence-electron chi connectivity index (χ2n) is 3.88. The highest BCUT2D eigenvalue weighted by molar-refractivity contribution is 5.92. The summed E-state index contributed by atoms with van der Waals surface area (Å²) in [6, 6.07) is 4.34. The summed E-state index contributed by atoms with van der Waals surface area (Å²) in [6.45, 7) is 0. The first-order chi connectivity index (χ1) is 9.32. The van der Waals surface area contributed by atoms with E-state index in [9.17, 15) is 18.0 Å². The van der Waals surface area contributed by atoms with Crippen LogP contribution in [0.25, 0.3) is 5.69 Å². The predicted molar refractivity (Wildman–Crippen MR) is 61.8 cm³/mol. The molecule has 1 heterocycles.